The molecule has 0 radical (unpaired) electrons. The molecule has 136 valence electrons. The number of rotatable bonds is 7. The molecule has 0 unspecified atom stereocenters. The van der Waals surface area contributed by atoms with Crippen LogP contribution in [-0.2, 0) is 4.79 Å². The number of hydrogen-bond donors (Lipinski definition) is 2. The van der Waals surface area contributed by atoms with E-state index in [-0.39, 0.29) is 40.0 Å². The van der Waals surface area contributed by atoms with Crippen LogP contribution in [0.3, 0.4) is 0 Å². The van der Waals surface area contributed by atoms with Crippen LogP contribution in [0.4, 0.5) is 4.39 Å². The number of aromatic amines is 1. The molecule has 0 spiro atoms. The second-order valence-corrected chi connectivity index (χ2v) is 7.84. The lowest BCUT2D eigenvalue weighted by Crippen LogP contribution is -2.75. The Morgan fingerprint density at radius 3 is 2.69 bits per heavy atom. The molecular formula is C19H18ClFN2O3. The zero-order valence-electron chi connectivity index (χ0n) is 14.0. The molecule has 2 aromatic rings. The summed E-state index contributed by atoms with van der Waals surface area (Å²) < 4.78 is 18.7. The fourth-order valence-electron chi connectivity index (χ4n) is 4.30. The van der Waals surface area contributed by atoms with Crippen molar-refractivity contribution in [1.29, 1.82) is 0 Å². The van der Waals surface area contributed by atoms with Gasteiger partial charge < -0.3 is 15.0 Å². The molecule has 0 atom stereocenters. The fourth-order valence-corrected chi connectivity index (χ4v) is 4.42. The molecule has 1 amide bonds. The molecule has 7 heteroatoms. The minimum Gasteiger partial charge on any atom is -0.486 e. The van der Waals surface area contributed by atoms with E-state index < -0.39 is 5.82 Å². The van der Waals surface area contributed by atoms with E-state index in [1.54, 1.807) is 18.3 Å². The van der Waals surface area contributed by atoms with E-state index in [1.807, 2.05) is 0 Å². The fraction of sp³-hybridized carbons (Fsp3) is 0.368. The Kier molecular flexibility index (Phi) is 4.03. The zero-order chi connectivity index (χ0) is 18.4. The van der Waals surface area contributed by atoms with Crippen LogP contribution < -0.4 is 10.1 Å². The lowest BCUT2D eigenvalue weighted by Gasteiger charge is -2.70. The number of carbonyl (C=O) groups is 2. The van der Waals surface area contributed by atoms with Gasteiger partial charge in [-0.3, -0.25) is 9.59 Å². The van der Waals surface area contributed by atoms with Crippen molar-refractivity contribution in [3.63, 3.8) is 0 Å². The minimum atomic E-state index is -0.573. The van der Waals surface area contributed by atoms with Crippen LogP contribution in [0.5, 0.6) is 5.75 Å². The topological polar surface area (TPSA) is 71.2 Å². The summed E-state index contributed by atoms with van der Waals surface area (Å²) in [6.45, 7) is -0.0926. The Hall–Kier alpha value is -2.34. The van der Waals surface area contributed by atoms with Gasteiger partial charge in [0.1, 0.15) is 23.9 Å². The first-order chi connectivity index (χ1) is 12.4. The Bertz CT molecular complexity index is 846. The van der Waals surface area contributed by atoms with Gasteiger partial charge >= 0.3 is 0 Å². The molecule has 5 rings (SSSR count). The monoisotopic (exact) mass is 376 g/mol. The van der Waals surface area contributed by atoms with Gasteiger partial charge in [-0.2, -0.15) is 0 Å². The van der Waals surface area contributed by atoms with E-state index in [9.17, 15) is 14.0 Å². The van der Waals surface area contributed by atoms with Gasteiger partial charge in [0.15, 0.2) is 5.78 Å². The Morgan fingerprint density at radius 1 is 1.27 bits per heavy atom. The largest absolute Gasteiger partial charge is 0.486 e. The minimum absolute atomic E-state index is 0.0178. The number of ether oxygens (including phenoxy) is 1. The number of aromatic nitrogens is 1. The maximum absolute atomic E-state index is 13.4. The highest BCUT2D eigenvalue weighted by Crippen LogP contribution is 2.69. The van der Waals surface area contributed by atoms with Crippen molar-refractivity contribution >= 4 is 23.3 Å². The van der Waals surface area contributed by atoms with Crippen molar-refractivity contribution in [1.82, 2.24) is 10.3 Å². The highest BCUT2D eigenvalue weighted by Gasteiger charge is 2.68. The van der Waals surface area contributed by atoms with Gasteiger partial charge in [-0.15, -0.1) is 0 Å². The predicted octanol–water partition coefficient (Wildman–Crippen LogP) is 3.50. The molecule has 26 heavy (non-hydrogen) atoms. The molecule has 3 fully saturated rings. The summed E-state index contributed by atoms with van der Waals surface area (Å²) in [5.74, 6) is -0.421. The van der Waals surface area contributed by atoms with Crippen LogP contribution in [0.2, 0.25) is 5.02 Å². The summed E-state index contributed by atoms with van der Waals surface area (Å²) in [6.07, 6.45) is 4.57. The molecule has 2 bridgehead atoms. The summed E-state index contributed by atoms with van der Waals surface area (Å²) in [5.41, 5.74) is 0.362. The zero-order valence-corrected chi connectivity index (χ0v) is 14.7. The molecule has 5 nitrogen and oxygen atoms in total. The lowest BCUT2D eigenvalue weighted by molar-refractivity contribution is -0.162. The smallest absolute Gasteiger partial charge is 0.268 e. The summed E-state index contributed by atoms with van der Waals surface area (Å²) >= 11 is 5.61. The lowest BCUT2D eigenvalue weighted by atomic mass is 9.38. The maximum atomic E-state index is 13.4. The molecule has 1 aromatic heterocycles. The molecule has 1 aromatic carbocycles. The summed E-state index contributed by atoms with van der Waals surface area (Å²) in [6, 6.07) is 7.61. The number of hydrogen-bond acceptors (Lipinski definition) is 3. The van der Waals surface area contributed by atoms with Gasteiger partial charge in [-0.1, -0.05) is 11.6 Å². The average molecular weight is 377 g/mol. The number of benzene rings is 1. The summed E-state index contributed by atoms with van der Waals surface area (Å²) in [5, 5.41) is 3.08. The third-order valence-corrected chi connectivity index (χ3v) is 5.53. The van der Waals surface area contributed by atoms with Crippen LogP contribution in [0.1, 0.15) is 36.2 Å². The first kappa shape index (κ1) is 17.1. The number of Topliss-reactive ketones (excluding diaryl/α,β-unsaturated/α-hetero) is 1. The van der Waals surface area contributed by atoms with Crippen LogP contribution in [0.25, 0.3) is 0 Å². The number of ketones is 1. The van der Waals surface area contributed by atoms with E-state index in [0.717, 1.165) is 19.3 Å². The Labute approximate surface area is 154 Å². The molecule has 0 aliphatic heterocycles. The van der Waals surface area contributed by atoms with Gasteiger partial charge in [-0.25, -0.2) is 4.39 Å². The van der Waals surface area contributed by atoms with E-state index in [2.05, 4.69) is 10.3 Å². The first-order valence-electron chi connectivity index (χ1n) is 8.44. The maximum Gasteiger partial charge on any atom is 0.268 e. The average Bonchev–Trinajstić information content (AvgIpc) is 3.07. The van der Waals surface area contributed by atoms with Gasteiger partial charge in [0, 0.05) is 24.2 Å². The molecule has 3 aliphatic carbocycles. The number of halogens is 2. The van der Waals surface area contributed by atoms with Crippen LogP contribution in [-0.4, -0.2) is 28.8 Å². The number of H-pyrrole nitrogens is 1. The van der Waals surface area contributed by atoms with E-state index >= 15 is 0 Å². The summed E-state index contributed by atoms with van der Waals surface area (Å²) in [7, 11) is 0. The third kappa shape index (κ3) is 3.09. The molecule has 1 heterocycles. The molecule has 3 aliphatic rings. The van der Waals surface area contributed by atoms with Crippen molar-refractivity contribution in [2.45, 2.75) is 31.2 Å². The van der Waals surface area contributed by atoms with Crippen molar-refractivity contribution in [3.05, 3.63) is 53.1 Å². The standard InChI is InChI=1S/C19H18ClFN2O3/c20-14-4-3-13(6-15(14)21)26-8-12(24)7-18-9-19(10-18,11-18)23-17(25)16-2-1-5-22-16/h1-6,22H,7-11H2,(H,23,25). The SMILES string of the molecule is O=C(COc1ccc(Cl)c(F)c1)CC12CC(NC(=O)c3ccc[nH]3)(C1)C2. The molecular weight excluding hydrogens is 359 g/mol. The molecule has 3 saturated carbocycles. The Morgan fingerprint density at radius 2 is 2.04 bits per heavy atom. The van der Waals surface area contributed by atoms with Crippen molar-refractivity contribution in [3.8, 4) is 5.75 Å². The second kappa shape index (κ2) is 6.13. The molecule has 2 N–H and O–H groups in total. The van der Waals surface area contributed by atoms with E-state index in [0.29, 0.717) is 12.1 Å². The quantitative estimate of drug-likeness (QED) is 0.777. The van der Waals surface area contributed by atoms with E-state index in [4.69, 9.17) is 16.3 Å². The van der Waals surface area contributed by atoms with Gasteiger partial charge in [0.2, 0.25) is 0 Å². The third-order valence-electron chi connectivity index (χ3n) is 5.22. The van der Waals surface area contributed by atoms with Crippen molar-refractivity contribution < 1.29 is 18.7 Å². The van der Waals surface area contributed by atoms with Crippen molar-refractivity contribution in [2.24, 2.45) is 5.41 Å². The van der Waals surface area contributed by atoms with Crippen LogP contribution in [0.15, 0.2) is 36.5 Å². The van der Waals surface area contributed by atoms with E-state index in [1.165, 1.54) is 18.2 Å². The van der Waals surface area contributed by atoms with Gasteiger partial charge in [0.05, 0.1) is 5.02 Å². The number of nitrogens with one attached hydrogen (secondary N) is 2. The van der Waals surface area contributed by atoms with Crippen LogP contribution >= 0.6 is 11.6 Å². The van der Waals surface area contributed by atoms with Gasteiger partial charge in [-0.05, 0) is 48.9 Å². The first-order valence-corrected chi connectivity index (χ1v) is 8.82. The van der Waals surface area contributed by atoms with Crippen LogP contribution in [0, 0.1) is 11.2 Å². The Balaban J connectivity index is 1.23. The normalized spacial score (nSPS) is 25.8. The van der Waals surface area contributed by atoms with Crippen molar-refractivity contribution in [2.75, 3.05) is 6.61 Å². The number of amides is 1. The second-order valence-electron chi connectivity index (χ2n) is 7.43. The highest BCUT2D eigenvalue weighted by atomic mass is 35.5. The van der Waals surface area contributed by atoms with Gasteiger partial charge in [0.25, 0.3) is 5.91 Å². The molecule has 0 saturated heterocycles. The highest BCUT2D eigenvalue weighted by molar-refractivity contribution is 6.30. The predicted molar refractivity (Wildman–Crippen MR) is 93.8 cm³/mol. The summed E-state index contributed by atoms with van der Waals surface area (Å²) in [4.78, 5) is 27.2. The number of carbonyl (C=O) groups excluding carboxylic acids is 2.